The van der Waals surface area contributed by atoms with E-state index in [1.54, 1.807) is 19.0 Å². The lowest BCUT2D eigenvalue weighted by atomic mass is 10.8. The van der Waals surface area contributed by atoms with Crippen molar-refractivity contribution in [2.45, 2.75) is 0 Å². The highest BCUT2D eigenvalue weighted by molar-refractivity contribution is 7.84. The van der Waals surface area contributed by atoms with Gasteiger partial charge >= 0.3 is 16.3 Å². The van der Waals surface area contributed by atoms with E-state index in [4.69, 9.17) is 21.4 Å². The summed E-state index contributed by atoms with van der Waals surface area (Å²) in [5, 5.41) is 6.70. The van der Waals surface area contributed by atoms with Crippen LogP contribution in [-0.2, 0) is 10.3 Å². The number of nitrogens with two attached hydrogens (primary N) is 3. The molecule has 0 aromatic heterocycles. The molecule has 100 valence electrons. The van der Waals surface area contributed by atoms with Crippen molar-refractivity contribution in [1.29, 1.82) is 5.41 Å². The van der Waals surface area contributed by atoms with Gasteiger partial charge in [-0.2, -0.15) is 13.4 Å². The topological polar surface area (TPSA) is 201 Å². The van der Waals surface area contributed by atoms with Crippen LogP contribution in [0, 0.1) is 5.41 Å². The van der Waals surface area contributed by atoms with Gasteiger partial charge in [0.05, 0.1) is 0 Å². The Morgan fingerprint density at radius 3 is 1.82 bits per heavy atom. The highest BCUT2D eigenvalue weighted by Gasteiger charge is 2.03. The molecular weight excluding hydrogens is 254 g/mol. The van der Waals surface area contributed by atoms with Crippen LogP contribution in [0.1, 0.15) is 0 Å². The lowest BCUT2D eigenvalue weighted by Gasteiger charge is -2.08. The van der Waals surface area contributed by atoms with Crippen LogP contribution in [0.2, 0.25) is 0 Å². The average molecular weight is 269 g/mol. The van der Waals surface area contributed by atoms with E-state index < -0.39 is 16.3 Å². The molecule has 0 aromatic carbocycles. The second-order valence-electron chi connectivity index (χ2n) is 2.69. The van der Waals surface area contributed by atoms with Gasteiger partial charge in [0.25, 0.3) is 0 Å². The first-order chi connectivity index (χ1) is 7.45. The van der Waals surface area contributed by atoms with Gasteiger partial charge in [0.1, 0.15) is 0 Å². The Labute approximate surface area is 98.0 Å². The number of amides is 2. The number of hydrogen-bond donors (Lipinski definition) is 6. The molecule has 0 aliphatic rings. The molecule has 0 radical (unpaired) electrons. The predicted molar refractivity (Wildman–Crippen MR) is 61.5 cm³/mol. The maximum atomic E-state index is 9.59. The number of carbonyl (C=O) groups is 1. The van der Waals surface area contributed by atoms with E-state index in [1.807, 2.05) is 0 Å². The van der Waals surface area contributed by atoms with Gasteiger partial charge in [-0.25, -0.2) is 9.52 Å². The molecule has 0 spiro atoms. The third-order valence-corrected chi connectivity index (χ3v) is 1.38. The lowest BCUT2D eigenvalue weighted by molar-refractivity contribution is 0.252. The second kappa shape index (κ2) is 7.24. The van der Waals surface area contributed by atoms with Gasteiger partial charge in [0.15, 0.2) is 5.96 Å². The first kappa shape index (κ1) is 17.3. The fraction of sp³-hybridized carbons (Fsp3) is 0.400. The van der Waals surface area contributed by atoms with Crippen LogP contribution in [0.4, 0.5) is 4.79 Å². The summed E-state index contributed by atoms with van der Waals surface area (Å²) in [5.41, 5.74) is 14.5. The summed E-state index contributed by atoms with van der Waals surface area (Å²) in [6, 6.07) is -1.31. The Morgan fingerprint density at radius 1 is 1.35 bits per heavy atom. The fourth-order valence-corrected chi connectivity index (χ4v) is 0.605. The van der Waals surface area contributed by atoms with Crippen LogP contribution in [0.25, 0.3) is 0 Å². The minimum absolute atomic E-state index is 0.238. The molecule has 0 saturated heterocycles. The van der Waals surface area contributed by atoms with Gasteiger partial charge < -0.3 is 22.1 Å². The molecule has 0 unspecified atom stereocenters. The monoisotopic (exact) mass is 269 g/mol. The Morgan fingerprint density at radius 2 is 1.76 bits per heavy atom. The standard InChI is InChI=1S/C4H11N5.CH4N2O4S/c1-9(2)4(7)8-3(5)6;2-1(4)3-8(5,6)7/h1-2H3,(H5,5,6,7,8);(H3,2,3,4)(H,5,6,7). The molecule has 0 fully saturated rings. The molecule has 11 nitrogen and oxygen atoms in total. The summed E-state index contributed by atoms with van der Waals surface area (Å²) < 4.78 is 28.0. The van der Waals surface area contributed by atoms with Crippen molar-refractivity contribution in [2.24, 2.45) is 22.2 Å². The molecule has 9 N–H and O–H groups in total. The fourth-order valence-electron chi connectivity index (χ4n) is 0.351. The second-order valence-corrected chi connectivity index (χ2v) is 3.85. The third-order valence-electron chi connectivity index (χ3n) is 0.923. The molecule has 0 bridgehead atoms. The van der Waals surface area contributed by atoms with Crippen molar-refractivity contribution in [3.05, 3.63) is 0 Å². The molecule has 0 rings (SSSR count). The van der Waals surface area contributed by atoms with Crippen molar-refractivity contribution < 1.29 is 17.8 Å². The van der Waals surface area contributed by atoms with E-state index in [9.17, 15) is 13.2 Å². The molecule has 12 heteroatoms. The summed E-state index contributed by atoms with van der Waals surface area (Å²) in [6.07, 6.45) is 0. The van der Waals surface area contributed by atoms with E-state index in [0.717, 1.165) is 4.72 Å². The summed E-state index contributed by atoms with van der Waals surface area (Å²) in [4.78, 5) is 14.6. The number of primary amides is 1. The van der Waals surface area contributed by atoms with Crippen molar-refractivity contribution in [2.75, 3.05) is 14.1 Å². The van der Waals surface area contributed by atoms with Crippen LogP contribution >= 0.6 is 0 Å². The van der Waals surface area contributed by atoms with E-state index >= 15 is 0 Å². The zero-order chi connectivity index (χ0) is 14.2. The number of rotatable bonds is 1. The zero-order valence-corrected chi connectivity index (χ0v) is 10.0. The SMILES string of the molecule is CN(C)C(N)=NC(=N)N.NC(=O)NS(=O)(=O)O. The molecule has 17 heavy (non-hydrogen) atoms. The number of carbonyl (C=O) groups excluding carboxylic acids is 1. The molecule has 0 atom stereocenters. The quantitative estimate of drug-likeness (QED) is 0.168. The van der Waals surface area contributed by atoms with Gasteiger partial charge in [-0.15, -0.1) is 0 Å². The van der Waals surface area contributed by atoms with Crippen molar-refractivity contribution in [1.82, 2.24) is 9.62 Å². The summed E-state index contributed by atoms with van der Waals surface area (Å²) >= 11 is 0. The number of aliphatic imine (C=N–C) groups is 1. The Hall–Kier alpha value is -2.08. The minimum atomic E-state index is -4.45. The Kier molecular flexibility index (Phi) is 7.37. The molecule has 0 saturated carbocycles. The van der Waals surface area contributed by atoms with Crippen LogP contribution in [-0.4, -0.2) is 49.9 Å². The van der Waals surface area contributed by atoms with Gasteiger partial charge in [0, 0.05) is 14.1 Å². The largest absolute Gasteiger partial charge is 0.369 e. The highest BCUT2D eigenvalue weighted by Crippen LogP contribution is 1.73. The molecule has 2 amide bonds. The van der Waals surface area contributed by atoms with Crippen LogP contribution < -0.4 is 21.9 Å². The van der Waals surface area contributed by atoms with Crippen LogP contribution in [0.15, 0.2) is 4.99 Å². The van der Waals surface area contributed by atoms with Crippen LogP contribution in [0.5, 0.6) is 0 Å². The Balaban J connectivity index is 0. The smallest absolute Gasteiger partial charge is 0.361 e. The normalized spacial score (nSPS) is 10.9. The first-order valence-corrected chi connectivity index (χ1v) is 5.30. The van der Waals surface area contributed by atoms with E-state index in [1.165, 1.54) is 0 Å². The van der Waals surface area contributed by atoms with Crippen molar-refractivity contribution in [3.8, 4) is 0 Å². The van der Waals surface area contributed by atoms with Crippen molar-refractivity contribution in [3.63, 3.8) is 0 Å². The van der Waals surface area contributed by atoms with Crippen molar-refractivity contribution >= 4 is 28.3 Å². The van der Waals surface area contributed by atoms with E-state index in [0.29, 0.717) is 0 Å². The minimum Gasteiger partial charge on any atom is -0.369 e. The summed E-state index contributed by atoms with van der Waals surface area (Å²) in [7, 11) is -1.000. The Bertz CT molecular complexity index is 400. The molecule has 0 aromatic rings. The summed E-state index contributed by atoms with van der Waals surface area (Å²) in [5.74, 6) is -0.0382. The predicted octanol–water partition coefficient (Wildman–Crippen LogP) is -2.79. The van der Waals surface area contributed by atoms with Gasteiger partial charge in [-0.05, 0) is 0 Å². The number of hydrogen-bond acceptors (Lipinski definition) is 4. The summed E-state index contributed by atoms with van der Waals surface area (Å²) in [6.45, 7) is 0. The van der Waals surface area contributed by atoms with E-state index in [-0.39, 0.29) is 11.9 Å². The molecule has 0 heterocycles. The van der Waals surface area contributed by atoms with Gasteiger partial charge in [0.2, 0.25) is 5.96 Å². The van der Waals surface area contributed by atoms with Gasteiger partial charge in [-0.1, -0.05) is 0 Å². The third kappa shape index (κ3) is 16.6. The number of nitrogens with zero attached hydrogens (tertiary/aromatic N) is 2. The van der Waals surface area contributed by atoms with E-state index in [2.05, 4.69) is 10.7 Å². The maximum absolute atomic E-state index is 9.59. The average Bonchev–Trinajstić information content (AvgIpc) is 1.98. The molecule has 0 aliphatic carbocycles. The number of guanidine groups is 2. The van der Waals surface area contributed by atoms with Gasteiger partial charge in [-0.3, -0.25) is 9.96 Å². The maximum Gasteiger partial charge on any atom is 0.361 e. The number of nitrogens with one attached hydrogen (secondary N) is 2. The zero-order valence-electron chi connectivity index (χ0n) is 9.21. The highest BCUT2D eigenvalue weighted by atomic mass is 32.2. The molecular formula is C5H15N7O4S. The lowest BCUT2D eigenvalue weighted by Crippen LogP contribution is -2.34. The molecule has 0 aliphatic heterocycles. The van der Waals surface area contributed by atoms with Crippen LogP contribution in [0.3, 0.4) is 0 Å². The number of urea groups is 1. The first-order valence-electron chi connectivity index (χ1n) is 3.86.